The molecule has 2 rings (SSSR count). The molecule has 0 aliphatic heterocycles. The van der Waals surface area contributed by atoms with Crippen molar-refractivity contribution in [1.29, 1.82) is 0 Å². The number of nitrogens with zero attached hydrogens (tertiary/aromatic N) is 1. The zero-order valence-electron chi connectivity index (χ0n) is 14.8. The van der Waals surface area contributed by atoms with Crippen LogP contribution in [0.25, 0.3) is 0 Å². The van der Waals surface area contributed by atoms with Crippen molar-refractivity contribution in [3.63, 3.8) is 0 Å². The van der Waals surface area contributed by atoms with Crippen molar-refractivity contribution in [3.05, 3.63) is 69.7 Å². The van der Waals surface area contributed by atoms with Crippen molar-refractivity contribution >= 4 is 27.6 Å². The molecular formula is C20H22BrNO4. The lowest BCUT2D eigenvalue weighted by Crippen LogP contribution is -2.26. The molecule has 5 nitrogen and oxygen atoms in total. The molecular weight excluding hydrogens is 398 g/mol. The van der Waals surface area contributed by atoms with Crippen molar-refractivity contribution in [2.24, 2.45) is 5.16 Å². The van der Waals surface area contributed by atoms with Gasteiger partial charge in [-0.1, -0.05) is 51.4 Å². The predicted octanol–water partition coefficient (Wildman–Crippen LogP) is 4.42. The van der Waals surface area contributed by atoms with Crippen LogP contribution in [-0.4, -0.2) is 29.5 Å². The maximum Gasteiger partial charge on any atom is 0.333 e. The Bertz CT molecular complexity index is 759. The number of oxime groups is 1. The Morgan fingerprint density at radius 2 is 1.92 bits per heavy atom. The number of aliphatic carboxylic acids is 1. The zero-order valence-corrected chi connectivity index (χ0v) is 16.4. The van der Waals surface area contributed by atoms with E-state index in [-0.39, 0.29) is 0 Å². The highest BCUT2D eigenvalue weighted by molar-refractivity contribution is 9.10. The number of halogens is 1. The quantitative estimate of drug-likeness (QED) is 0.482. The molecule has 0 saturated carbocycles. The van der Waals surface area contributed by atoms with Gasteiger partial charge in [0.1, 0.15) is 6.61 Å². The van der Waals surface area contributed by atoms with E-state index in [1.54, 1.807) is 6.92 Å². The van der Waals surface area contributed by atoms with Gasteiger partial charge in [0.05, 0.1) is 5.71 Å². The molecule has 1 N–H and O–H groups in total. The summed E-state index contributed by atoms with van der Waals surface area (Å²) in [7, 11) is 0. The maximum absolute atomic E-state index is 11.2. The van der Waals surface area contributed by atoms with Crippen LogP contribution < -0.4 is 0 Å². The normalized spacial score (nSPS) is 12.7. The van der Waals surface area contributed by atoms with Crippen LogP contribution in [0.2, 0.25) is 0 Å². The van der Waals surface area contributed by atoms with E-state index in [4.69, 9.17) is 9.57 Å². The van der Waals surface area contributed by atoms with Crippen LogP contribution in [0.1, 0.15) is 30.5 Å². The molecule has 0 bridgehead atoms. The second-order valence-electron chi connectivity index (χ2n) is 5.76. The standard InChI is InChI=1S/C20H22BrNO4/c1-3-25-19(20(23)24)12-16-5-4-6-17(11-16)14(2)22-26-13-15-7-9-18(21)10-8-15/h4-11,19H,3,12-13H2,1-2H3,(H,23,24)/b22-14+/t19-/m0/s1. The van der Waals surface area contributed by atoms with Crippen molar-refractivity contribution in [2.75, 3.05) is 6.61 Å². The minimum absolute atomic E-state index is 0.310. The van der Waals surface area contributed by atoms with Gasteiger partial charge in [0, 0.05) is 17.5 Å². The van der Waals surface area contributed by atoms with Crippen molar-refractivity contribution in [1.82, 2.24) is 0 Å². The third-order valence-electron chi connectivity index (χ3n) is 3.76. The molecule has 138 valence electrons. The molecule has 0 aliphatic rings. The van der Waals surface area contributed by atoms with Crippen LogP contribution >= 0.6 is 15.9 Å². The SMILES string of the molecule is CCO[C@@H](Cc1cccc(/C(C)=N/OCc2ccc(Br)cc2)c1)C(=O)O. The summed E-state index contributed by atoms with van der Waals surface area (Å²) in [4.78, 5) is 16.7. The van der Waals surface area contributed by atoms with E-state index < -0.39 is 12.1 Å². The van der Waals surface area contributed by atoms with Crippen molar-refractivity contribution in [2.45, 2.75) is 33.0 Å². The van der Waals surface area contributed by atoms with Gasteiger partial charge in [-0.05, 0) is 48.7 Å². The summed E-state index contributed by atoms with van der Waals surface area (Å²) in [5.41, 5.74) is 3.52. The number of benzene rings is 2. The van der Waals surface area contributed by atoms with Gasteiger partial charge in [-0.25, -0.2) is 4.79 Å². The van der Waals surface area contributed by atoms with Crippen LogP contribution in [0.15, 0.2) is 58.2 Å². The molecule has 0 spiro atoms. The Labute approximate surface area is 161 Å². The average molecular weight is 420 g/mol. The molecule has 0 saturated heterocycles. The summed E-state index contributed by atoms with van der Waals surface area (Å²) in [5.74, 6) is -0.958. The largest absolute Gasteiger partial charge is 0.479 e. The summed E-state index contributed by atoms with van der Waals surface area (Å²) < 4.78 is 6.29. The molecule has 0 amide bonds. The fraction of sp³-hybridized carbons (Fsp3) is 0.300. The lowest BCUT2D eigenvalue weighted by atomic mass is 10.0. The lowest BCUT2D eigenvalue weighted by molar-refractivity contribution is -0.149. The number of carboxylic acids is 1. The van der Waals surface area contributed by atoms with Gasteiger partial charge in [-0.2, -0.15) is 0 Å². The number of hydrogen-bond acceptors (Lipinski definition) is 4. The highest BCUT2D eigenvalue weighted by Gasteiger charge is 2.18. The highest BCUT2D eigenvalue weighted by atomic mass is 79.9. The van der Waals surface area contributed by atoms with Gasteiger partial charge in [-0.15, -0.1) is 0 Å². The third kappa shape index (κ3) is 6.28. The maximum atomic E-state index is 11.2. The van der Waals surface area contributed by atoms with Crippen LogP contribution in [0.3, 0.4) is 0 Å². The topological polar surface area (TPSA) is 68.1 Å². The van der Waals surface area contributed by atoms with Crippen LogP contribution in [-0.2, 0) is 27.4 Å². The number of hydrogen-bond donors (Lipinski definition) is 1. The second kappa shape index (κ2) is 10.1. The van der Waals surface area contributed by atoms with E-state index in [0.717, 1.165) is 26.9 Å². The van der Waals surface area contributed by atoms with E-state index >= 15 is 0 Å². The van der Waals surface area contributed by atoms with Gasteiger partial charge >= 0.3 is 5.97 Å². The second-order valence-corrected chi connectivity index (χ2v) is 6.68. The summed E-state index contributed by atoms with van der Waals surface area (Å²) >= 11 is 3.40. The molecule has 2 aromatic rings. The molecule has 2 aromatic carbocycles. The predicted molar refractivity (Wildman–Crippen MR) is 104 cm³/mol. The van der Waals surface area contributed by atoms with Gasteiger partial charge in [-0.3, -0.25) is 0 Å². The molecule has 26 heavy (non-hydrogen) atoms. The average Bonchev–Trinajstić information content (AvgIpc) is 2.63. The zero-order chi connectivity index (χ0) is 18.9. The molecule has 0 aliphatic carbocycles. The van der Waals surface area contributed by atoms with Gasteiger partial charge in [0.2, 0.25) is 0 Å². The number of rotatable bonds is 9. The Balaban J connectivity index is 2.00. The first kappa shape index (κ1) is 20.1. The number of ether oxygens (including phenoxy) is 1. The molecule has 0 fully saturated rings. The smallest absolute Gasteiger partial charge is 0.333 e. The molecule has 6 heteroatoms. The Kier molecular flexibility index (Phi) is 7.81. The summed E-state index contributed by atoms with van der Waals surface area (Å²) in [6, 6.07) is 15.4. The molecule has 0 aromatic heterocycles. The lowest BCUT2D eigenvalue weighted by Gasteiger charge is -2.13. The van der Waals surface area contributed by atoms with Crippen LogP contribution in [0.5, 0.6) is 0 Å². The molecule has 0 unspecified atom stereocenters. The van der Waals surface area contributed by atoms with Gasteiger partial charge in [0.15, 0.2) is 6.10 Å². The Morgan fingerprint density at radius 3 is 2.58 bits per heavy atom. The number of carbonyl (C=O) groups is 1. The monoisotopic (exact) mass is 419 g/mol. The van der Waals surface area contributed by atoms with Gasteiger partial charge < -0.3 is 14.7 Å². The third-order valence-corrected chi connectivity index (χ3v) is 4.28. The van der Waals surface area contributed by atoms with E-state index in [9.17, 15) is 9.90 Å². The molecule has 1 atom stereocenters. The first-order chi connectivity index (χ1) is 12.5. The fourth-order valence-electron chi connectivity index (χ4n) is 2.39. The van der Waals surface area contributed by atoms with E-state index in [0.29, 0.717) is 19.6 Å². The fourth-order valence-corrected chi connectivity index (χ4v) is 2.66. The summed E-state index contributed by atoms with van der Waals surface area (Å²) in [6.07, 6.45) is -0.537. The van der Waals surface area contributed by atoms with Crippen LogP contribution in [0.4, 0.5) is 0 Å². The van der Waals surface area contributed by atoms with E-state index in [2.05, 4.69) is 21.1 Å². The summed E-state index contributed by atoms with van der Waals surface area (Å²) in [5, 5.41) is 13.4. The Morgan fingerprint density at radius 1 is 1.19 bits per heavy atom. The Hall–Kier alpha value is -2.18. The minimum Gasteiger partial charge on any atom is -0.479 e. The highest BCUT2D eigenvalue weighted by Crippen LogP contribution is 2.13. The molecule has 0 radical (unpaired) electrons. The van der Waals surface area contributed by atoms with Crippen molar-refractivity contribution in [3.8, 4) is 0 Å². The van der Waals surface area contributed by atoms with Crippen molar-refractivity contribution < 1.29 is 19.5 Å². The molecule has 0 heterocycles. The minimum atomic E-state index is -0.958. The van der Waals surface area contributed by atoms with Gasteiger partial charge in [0.25, 0.3) is 0 Å². The first-order valence-corrected chi connectivity index (χ1v) is 9.13. The van der Waals surface area contributed by atoms with E-state index in [1.807, 2.05) is 55.5 Å². The summed E-state index contributed by atoms with van der Waals surface area (Å²) in [6.45, 7) is 4.39. The number of carboxylic acid groups (broad SMARTS) is 1. The van der Waals surface area contributed by atoms with E-state index in [1.165, 1.54) is 0 Å². The van der Waals surface area contributed by atoms with Crippen LogP contribution in [0, 0.1) is 0 Å². The first-order valence-electron chi connectivity index (χ1n) is 8.34.